The summed E-state index contributed by atoms with van der Waals surface area (Å²) < 4.78 is 10.6. The van der Waals surface area contributed by atoms with Gasteiger partial charge in [-0.25, -0.2) is 9.78 Å². The second-order valence-corrected chi connectivity index (χ2v) is 7.52. The highest BCUT2D eigenvalue weighted by atomic mass is 16.5. The summed E-state index contributed by atoms with van der Waals surface area (Å²) in [5, 5.41) is 5.79. The van der Waals surface area contributed by atoms with Gasteiger partial charge in [-0.05, 0) is 42.8 Å². The monoisotopic (exact) mass is 460 g/mol. The number of esters is 1. The predicted octanol–water partition coefficient (Wildman–Crippen LogP) is 3.76. The molecule has 9 heteroatoms. The van der Waals surface area contributed by atoms with Gasteiger partial charge in [0.25, 0.3) is 5.91 Å². The van der Waals surface area contributed by atoms with Gasteiger partial charge in [0.1, 0.15) is 17.1 Å². The molecule has 1 saturated heterocycles. The standard InChI is InChI=1S/C25H24N4O5/c1-33-21-12-5-3-10-19(21)28-24-17(8-6-14-26-24)25(32)34-16-22(30)27-18-9-2-4-11-20(18)29-15-7-13-23(29)31/h2-6,8-12,14H,7,13,15-16H2,1H3,(H,26,28)(H,27,30). The van der Waals surface area contributed by atoms with E-state index in [1.54, 1.807) is 60.5 Å². The zero-order valence-electron chi connectivity index (χ0n) is 18.6. The molecule has 0 saturated carbocycles. The van der Waals surface area contributed by atoms with Crippen molar-refractivity contribution >= 4 is 40.7 Å². The maximum Gasteiger partial charge on any atom is 0.342 e. The first-order valence-corrected chi connectivity index (χ1v) is 10.8. The number of para-hydroxylation sites is 4. The molecule has 34 heavy (non-hydrogen) atoms. The van der Waals surface area contributed by atoms with Gasteiger partial charge >= 0.3 is 5.97 Å². The topological polar surface area (TPSA) is 110 Å². The van der Waals surface area contributed by atoms with Gasteiger partial charge in [-0.3, -0.25) is 9.59 Å². The Kier molecular flexibility index (Phi) is 7.02. The van der Waals surface area contributed by atoms with Crippen molar-refractivity contribution in [3.05, 3.63) is 72.4 Å². The summed E-state index contributed by atoms with van der Waals surface area (Å²) >= 11 is 0. The van der Waals surface area contributed by atoms with E-state index in [9.17, 15) is 14.4 Å². The van der Waals surface area contributed by atoms with Crippen molar-refractivity contribution in [2.45, 2.75) is 12.8 Å². The molecule has 0 radical (unpaired) electrons. The number of hydrogen-bond donors (Lipinski definition) is 2. The van der Waals surface area contributed by atoms with Crippen molar-refractivity contribution in [1.29, 1.82) is 0 Å². The number of rotatable bonds is 8. The van der Waals surface area contributed by atoms with Gasteiger partial charge in [0.05, 0.1) is 24.2 Å². The van der Waals surface area contributed by atoms with Crippen LogP contribution in [0.4, 0.5) is 22.9 Å². The first-order chi connectivity index (χ1) is 16.6. The average Bonchev–Trinajstić information content (AvgIpc) is 3.29. The summed E-state index contributed by atoms with van der Waals surface area (Å²) in [6.45, 7) is 0.105. The van der Waals surface area contributed by atoms with E-state index < -0.39 is 18.5 Å². The third-order valence-corrected chi connectivity index (χ3v) is 5.26. The first kappa shape index (κ1) is 22.8. The van der Waals surface area contributed by atoms with Crippen LogP contribution in [0.15, 0.2) is 66.9 Å². The van der Waals surface area contributed by atoms with Gasteiger partial charge in [-0.1, -0.05) is 24.3 Å². The van der Waals surface area contributed by atoms with Gasteiger partial charge in [-0.2, -0.15) is 0 Å². The molecule has 1 aromatic heterocycles. The lowest BCUT2D eigenvalue weighted by Gasteiger charge is -2.20. The highest BCUT2D eigenvalue weighted by Gasteiger charge is 2.24. The van der Waals surface area contributed by atoms with Crippen molar-refractivity contribution in [3.8, 4) is 5.75 Å². The Bertz CT molecular complexity index is 1210. The van der Waals surface area contributed by atoms with E-state index in [1.165, 1.54) is 6.20 Å². The SMILES string of the molecule is COc1ccccc1Nc1ncccc1C(=O)OCC(=O)Nc1ccccc1N1CCCC1=O. The van der Waals surface area contributed by atoms with Crippen LogP contribution in [0.1, 0.15) is 23.2 Å². The molecule has 0 bridgehead atoms. The number of nitrogens with zero attached hydrogens (tertiary/aromatic N) is 2. The molecule has 0 atom stereocenters. The van der Waals surface area contributed by atoms with Crippen LogP contribution < -0.4 is 20.3 Å². The lowest BCUT2D eigenvalue weighted by atomic mass is 10.2. The second-order valence-electron chi connectivity index (χ2n) is 7.52. The number of carbonyl (C=O) groups is 3. The molecule has 3 aromatic rings. The van der Waals surface area contributed by atoms with Gasteiger partial charge in [0.2, 0.25) is 5.91 Å². The van der Waals surface area contributed by atoms with Crippen LogP contribution in [0, 0.1) is 0 Å². The third kappa shape index (κ3) is 5.15. The average molecular weight is 460 g/mol. The summed E-state index contributed by atoms with van der Waals surface area (Å²) in [4.78, 5) is 43.2. The van der Waals surface area contributed by atoms with Crippen molar-refractivity contribution in [1.82, 2.24) is 4.98 Å². The van der Waals surface area contributed by atoms with Crippen molar-refractivity contribution in [2.24, 2.45) is 0 Å². The fourth-order valence-electron chi connectivity index (χ4n) is 3.66. The number of amides is 2. The number of carbonyl (C=O) groups excluding carboxylic acids is 3. The first-order valence-electron chi connectivity index (χ1n) is 10.8. The van der Waals surface area contributed by atoms with Crippen molar-refractivity contribution < 1.29 is 23.9 Å². The third-order valence-electron chi connectivity index (χ3n) is 5.26. The Morgan fingerprint density at radius 2 is 1.79 bits per heavy atom. The van der Waals surface area contributed by atoms with Crippen LogP contribution in [0.2, 0.25) is 0 Å². The van der Waals surface area contributed by atoms with Gasteiger partial charge < -0.3 is 25.0 Å². The van der Waals surface area contributed by atoms with Crippen LogP contribution in [0.3, 0.4) is 0 Å². The normalized spacial score (nSPS) is 12.9. The molecule has 2 heterocycles. The molecule has 0 unspecified atom stereocenters. The lowest BCUT2D eigenvalue weighted by molar-refractivity contribution is -0.119. The number of methoxy groups -OCH3 is 1. The van der Waals surface area contributed by atoms with Crippen molar-refractivity contribution in [2.75, 3.05) is 35.8 Å². The van der Waals surface area contributed by atoms with Gasteiger partial charge in [0, 0.05) is 19.2 Å². The maximum absolute atomic E-state index is 12.7. The minimum absolute atomic E-state index is 0.0137. The molecule has 174 valence electrons. The number of nitrogens with one attached hydrogen (secondary N) is 2. The molecule has 1 fully saturated rings. The minimum Gasteiger partial charge on any atom is -0.495 e. The number of pyridine rings is 1. The van der Waals surface area contributed by atoms with E-state index in [2.05, 4.69) is 15.6 Å². The Morgan fingerprint density at radius 1 is 1.03 bits per heavy atom. The van der Waals surface area contributed by atoms with Crippen LogP contribution in [-0.4, -0.2) is 43.0 Å². The number of benzene rings is 2. The Balaban J connectivity index is 1.41. The fourth-order valence-corrected chi connectivity index (χ4v) is 3.66. The Hall–Kier alpha value is -4.40. The maximum atomic E-state index is 12.7. The summed E-state index contributed by atoms with van der Waals surface area (Å²) in [5.41, 5.74) is 1.91. The molecule has 1 aliphatic rings. The van der Waals surface area contributed by atoms with E-state index in [4.69, 9.17) is 9.47 Å². The van der Waals surface area contributed by atoms with E-state index in [-0.39, 0.29) is 17.3 Å². The number of aromatic nitrogens is 1. The Labute approximate surface area is 196 Å². The smallest absolute Gasteiger partial charge is 0.342 e. The highest BCUT2D eigenvalue weighted by Crippen LogP contribution is 2.30. The summed E-state index contributed by atoms with van der Waals surface area (Å²) in [6.07, 6.45) is 2.79. The van der Waals surface area contributed by atoms with Crippen LogP contribution >= 0.6 is 0 Å². The second kappa shape index (κ2) is 10.5. The fraction of sp³-hybridized carbons (Fsp3) is 0.200. The summed E-state index contributed by atoms with van der Waals surface area (Å²) in [5.74, 6) is -0.351. The van der Waals surface area contributed by atoms with Gasteiger partial charge in [-0.15, -0.1) is 0 Å². The molecule has 2 N–H and O–H groups in total. The number of hydrogen-bond acceptors (Lipinski definition) is 7. The quantitative estimate of drug-likeness (QED) is 0.493. The highest BCUT2D eigenvalue weighted by molar-refractivity contribution is 6.03. The largest absolute Gasteiger partial charge is 0.495 e. The molecule has 0 spiro atoms. The van der Waals surface area contributed by atoms with Crippen LogP contribution in [0.25, 0.3) is 0 Å². The zero-order valence-corrected chi connectivity index (χ0v) is 18.6. The number of ether oxygens (including phenoxy) is 2. The number of anilines is 4. The van der Waals surface area contributed by atoms with E-state index in [0.29, 0.717) is 35.8 Å². The zero-order chi connectivity index (χ0) is 23.9. The van der Waals surface area contributed by atoms with E-state index in [1.807, 2.05) is 12.1 Å². The molecule has 1 aliphatic heterocycles. The van der Waals surface area contributed by atoms with Crippen molar-refractivity contribution in [3.63, 3.8) is 0 Å². The summed E-state index contributed by atoms with van der Waals surface area (Å²) in [6, 6.07) is 17.4. The molecule has 2 amide bonds. The van der Waals surface area contributed by atoms with Crippen LogP contribution in [0.5, 0.6) is 5.75 Å². The summed E-state index contributed by atoms with van der Waals surface area (Å²) in [7, 11) is 1.55. The molecule has 9 nitrogen and oxygen atoms in total. The van der Waals surface area contributed by atoms with E-state index in [0.717, 1.165) is 6.42 Å². The molecule has 0 aliphatic carbocycles. The molecular weight excluding hydrogens is 436 g/mol. The Morgan fingerprint density at radius 3 is 2.56 bits per heavy atom. The van der Waals surface area contributed by atoms with Gasteiger partial charge in [0.15, 0.2) is 6.61 Å². The predicted molar refractivity (Wildman–Crippen MR) is 127 cm³/mol. The van der Waals surface area contributed by atoms with E-state index >= 15 is 0 Å². The molecule has 2 aromatic carbocycles. The molecule has 4 rings (SSSR count). The minimum atomic E-state index is -0.705. The lowest BCUT2D eigenvalue weighted by Crippen LogP contribution is -2.27. The van der Waals surface area contributed by atoms with Crippen LogP contribution in [-0.2, 0) is 14.3 Å². The molecular formula is C25H24N4O5.